The molecule has 1 aliphatic heterocycles. The molecule has 1 amide bonds. The van der Waals surface area contributed by atoms with Gasteiger partial charge in [-0.05, 0) is 53.9 Å². The lowest BCUT2D eigenvalue weighted by molar-refractivity contribution is 0.154. The van der Waals surface area contributed by atoms with Crippen LogP contribution < -0.4 is 5.69 Å². The van der Waals surface area contributed by atoms with Crippen LogP contribution in [0, 0.1) is 11.3 Å². The molecule has 0 spiro atoms. The van der Waals surface area contributed by atoms with Gasteiger partial charge in [-0.2, -0.15) is 5.26 Å². The van der Waals surface area contributed by atoms with E-state index in [0.29, 0.717) is 35.4 Å². The summed E-state index contributed by atoms with van der Waals surface area (Å²) in [5.74, 6) is 0. The number of pyridine rings is 1. The summed E-state index contributed by atoms with van der Waals surface area (Å²) in [4.78, 5) is 30.6. The lowest BCUT2D eigenvalue weighted by atomic mass is 10.0. The number of carbonyl (C=O) groups is 1. The van der Waals surface area contributed by atoms with Crippen molar-refractivity contribution >= 4 is 17.3 Å². The van der Waals surface area contributed by atoms with Crippen LogP contribution in [-0.4, -0.2) is 43.3 Å². The van der Waals surface area contributed by atoms with Gasteiger partial charge in [-0.25, -0.2) is 14.6 Å². The average molecular weight is 425 g/mol. The molecule has 158 valence electrons. The molecule has 8 nitrogen and oxygen atoms in total. The molecule has 2 aromatic carbocycles. The number of fused-ring (bicyclic) bond motifs is 1. The summed E-state index contributed by atoms with van der Waals surface area (Å²) in [6.45, 7) is 0.661. The third-order valence-electron chi connectivity index (χ3n) is 5.90. The standard InChI is InChI=1S/C24H19N5O3/c25-14-16-3-5-17(6-4-16)18-7-9-19(10-8-18)28-21-2-1-12-26-22(21)29(23(28)30)20-11-13-27(15-20)24(31)32/h1-10,12,20H,11,13,15H2,(H,31,32). The summed E-state index contributed by atoms with van der Waals surface area (Å²) < 4.78 is 3.24. The summed E-state index contributed by atoms with van der Waals surface area (Å²) >= 11 is 0. The number of nitriles is 1. The molecular weight excluding hydrogens is 406 g/mol. The third kappa shape index (κ3) is 3.20. The van der Waals surface area contributed by atoms with Crippen LogP contribution in [0.1, 0.15) is 18.0 Å². The molecule has 0 radical (unpaired) electrons. The van der Waals surface area contributed by atoms with Gasteiger partial charge in [0.25, 0.3) is 0 Å². The molecule has 1 fully saturated rings. The fraction of sp³-hybridized carbons (Fsp3) is 0.167. The number of nitrogens with zero attached hydrogens (tertiary/aromatic N) is 5. The van der Waals surface area contributed by atoms with Crippen molar-refractivity contribution in [2.24, 2.45) is 0 Å². The number of hydrogen-bond donors (Lipinski definition) is 1. The highest BCUT2D eigenvalue weighted by Gasteiger charge is 2.31. The second-order valence-corrected chi connectivity index (χ2v) is 7.74. The van der Waals surface area contributed by atoms with Gasteiger partial charge in [-0.1, -0.05) is 24.3 Å². The first kappa shape index (κ1) is 19.6. The molecule has 1 N–H and O–H groups in total. The molecule has 1 aliphatic rings. The van der Waals surface area contributed by atoms with Crippen molar-refractivity contribution in [2.75, 3.05) is 13.1 Å². The van der Waals surface area contributed by atoms with Crippen molar-refractivity contribution in [3.63, 3.8) is 0 Å². The van der Waals surface area contributed by atoms with Gasteiger partial charge < -0.3 is 10.0 Å². The number of benzene rings is 2. The van der Waals surface area contributed by atoms with Crippen LogP contribution in [0.3, 0.4) is 0 Å². The number of rotatable bonds is 3. The van der Waals surface area contributed by atoms with E-state index in [0.717, 1.165) is 11.1 Å². The van der Waals surface area contributed by atoms with E-state index in [2.05, 4.69) is 11.1 Å². The minimum absolute atomic E-state index is 0.234. The van der Waals surface area contributed by atoms with Crippen LogP contribution in [0.15, 0.2) is 71.7 Å². The smallest absolute Gasteiger partial charge is 0.407 e. The minimum atomic E-state index is -0.976. The molecular formula is C24H19N5O3. The SMILES string of the molecule is N#Cc1ccc(-c2ccc(-n3c(=O)n(C4CCN(C(=O)O)C4)c4ncccc43)cc2)cc1. The lowest BCUT2D eigenvalue weighted by Crippen LogP contribution is -2.31. The number of imidazole rings is 1. The van der Waals surface area contributed by atoms with Crippen molar-refractivity contribution in [3.8, 4) is 22.9 Å². The van der Waals surface area contributed by atoms with E-state index in [1.54, 1.807) is 33.5 Å². The lowest BCUT2D eigenvalue weighted by Gasteiger charge is -2.13. The molecule has 0 aliphatic carbocycles. The van der Waals surface area contributed by atoms with Gasteiger partial charge in [-0.15, -0.1) is 0 Å². The zero-order valence-corrected chi connectivity index (χ0v) is 17.0. The summed E-state index contributed by atoms with van der Waals surface area (Å²) in [5, 5.41) is 18.3. The van der Waals surface area contributed by atoms with Gasteiger partial charge >= 0.3 is 11.8 Å². The molecule has 1 atom stereocenters. The van der Waals surface area contributed by atoms with Gasteiger partial charge in [0, 0.05) is 19.3 Å². The molecule has 2 aromatic heterocycles. The van der Waals surface area contributed by atoms with Crippen molar-refractivity contribution in [1.29, 1.82) is 5.26 Å². The Hall–Kier alpha value is -4.38. The Balaban J connectivity index is 1.56. The molecule has 0 saturated carbocycles. The Bertz CT molecular complexity index is 1410. The average Bonchev–Trinajstić information content (AvgIpc) is 3.41. The molecule has 4 aromatic rings. The normalized spacial score (nSPS) is 15.7. The molecule has 1 saturated heterocycles. The number of aromatic nitrogens is 3. The predicted molar refractivity (Wildman–Crippen MR) is 119 cm³/mol. The Morgan fingerprint density at radius 3 is 2.38 bits per heavy atom. The quantitative estimate of drug-likeness (QED) is 0.540. The van der Waals surface area contributed by atoms with Gasteiger partial charge in [0.2, 0.25) is 0 Å². The summed E-state index contributed by atoms with van der Waals surface area (Å²) in [5.41, 5.74) is 4.25. The zero-order chi connectivity index (χ0) is 22.2. The van der Waals surface area contributed by atoms with Gasteiger partial charge in [0.15, 0.2) is 5.65 Å². The fourth-order valence-corrected chi connectivity index (χ4v) is 4.30. The van der Waals surface area contributed by atoms with E-state index in [1.807, 2.05) is 42.5 Å². The Kier molecular flexibility index (Phi) is 4.71. The van der Waals surface area contributed by atoms with E-state index in [-0.39, 0.29) is 18.3 Å². The van der Waals surface area contributed by atoms with Crippen molar-refractivity contribution in [3.05, 3.63) is 82.9 Å². The number of hydrogen-bond acceptors (Lipinski definition) is 4. The first-order chi connectivity index (χ1) is 15.6. The van der Waals surface area contributed by atoms with Gasteiger partial charge in [0.1, 0.15) is 0 Å². The molecule has 8 heteroatoms. The molecule has 0 bridgehead atoms. The van der Waals surface area contributed by atoms with Gasteiger partial charge in [0.05, 0.1) is 28.9 Å². The number of amides is 1. The van der Waals surface area contributed by atoms with Crippen LogP contribution in [-0.2, 0) is 0 Å². The van der Waals surface area contributed by atoms with Crippen molar-refractivity contribution < 1.29 is 9.90 Å². The van der Waals surface area contributed by atoms with E-state index < -0.39 is 6.09 Å². The summed E-state index contributed by atoms with van der Waals surface area (Å²) in [7, 11) is 0. The second kappa shape index (κ2) is 7.71. The van der Waals surface area contributed by atoms with Crippen LogP contribution in [0.5, 0.6) is 0 Å². The summed E-state index contributed by atoms with van der Waals surface area (Å²) in [6, 6.07) is 20.4. The predicted octanol–water partition coefficient (Wildman–Crippen LogP) is 3.65. The molecule has 5 rings (SSSR count). The minimum Gasteiger partial charge on any atom is -0.465 e. The zero-order valence-electron chi connectivity index (χ0n) is 17.0. The van der Waals surface area contributed by atoms with Crippen LogP contribution >= 0.6 is 0 Å². The van der Waals surface area contributed by atoms with E-state index in [1.165, 1.54) is 4.90 Å². The maximum Gasteiger partial charge on any atom is 0.407 e. The fourth-order valence-electron chi connectivity index (χ4n) is 4.30. The first-order valence-corrected chi connectivity index (χ1v) is 10.2. The number of carboxylic acid groups (broad SMARTS) is 1. The van der Waals surface area contributed by atoms with Crippen molar-refractivity contribution in [1.82, 2.24) is 19.0 Å². The number of likely N-dealkylation sites (tertiary alicyclic amines) is 1. The van der Waals surface area contributed by atoms with Crippen molar-refractivity contribution in [2.45, 2.75) is 12.5 Å². The Morgan fingerprint density at radius 2 is 1.75 bits per heavy atom. The topological polar surface area (TPSA) is 104 Å². The highest BCUT2D eigenvalue weighted by Crippen LogP contribution is 2.27. The molecule has 32 heavy (non-hydrogen) atoms. The van der Waals surface area contributed by atoms with E-state index in [9.17, 15) is 14.7 Å². The Morgan fingerprint density at radius 1 is 1.06 bits per heavy atom. The van der Waals surface area contributed by atoms with E-state index in [4.69, 9.17) is 5.26 Å². The largest absolute Gasteiger partial charge is 0.465 e. The highest BCUT2D eigenvalue weighted by atomic mass is 16.4. The van der Waals surface area contributed by atoms with Gasteiger partial charge in [-0.3, -0.25) is 9.13 Å². The highest BCUT2D eigenvalue weighted by molar-refractivity contribution is 5.75. The first-order valence-electron chi connectivity index (χ1n) is 10.2. The monoisotopic (exact) mass is 425 g/mol. The molecule has 1 unspecified atom stereocenters. The third-order valence-corrected chi connectivity index (χ3v) is 5.90. The maximum absolute atomic E-state index is 13.5. The van der Waals surface area contributed by atoms with Crippen LogP contribution in [0.2, 0.25) is 0 Å². The summed E-state index contributed by atoms with van der Waals surface area (Å²) in [6.07, 6.45) is 1.23. The molecule has 3 heterocycles. The van der Waals surface area contributed by atoms with E-state index >= 15 is 0 Å². The second-order valence-electron chi connectivity index (χ2n) is 7.74. The maximum atomic E-state index is 13.5. The Labute approximate surface area is 183 Å². The van der Waals surface area contributed by atoms with Crippen LogP contribution in [0.4, 0.5) is 4.79 Å². The van der Waals surface area contributed by atoms with Crippen LogP contribution in [0.25, 0.3) is 28.0 Å².